The third-order valence-corrected chi connectivity index (χ3v) is 3.55. The number of nitrogens with one attached hydrogen (secondary N) is 2. The lowest BCUT2D eigenvalue weighted by Gasteiger charge is -2.07. The standard InChI is InChI=1S/C10H12N6O2S/c1-6-2-3-19-7(6)4-12-9-8(16(17)18)10(15-11)14-5-13-9/h2-3,5H,4,11H2,1H3,(H2,12,13,14,15). The molecule has 0 atom stereocenters. The number of thiophene rings is 1. The third kappa shape index (κ3) is 2.77. The summed E-state index contributed by atoms with van der Waals surface area (Å²) in [4.78, 5) is 19.1. The molecule has 2 heterocycles. The van der Waals surface area contributed by atoms with E-state index in [0.29, 0.717) is 6.54 Å². The SMILES string of the molecule is Cc1ccsc1CNc1ncnc(NN)c1[N+](=O)[O-]. The Bertz CT molecular complexity index is 599. The molecule has 0 saturated heterocycles. The van der Waals surface area contributed by atoms with E-state index in [0.717, 1.165) is 10.4 Å². The van der Waals surface area contributed by atoms with E-state index in [9.17, 15) is 10.1 Å². The summed E-state index contributed by atoms with van der Waals surface area (Å²) in [5, 5.41) is 15.9. The molecule has 2 aromatic rings. The van der Waals surface area contributed by atoms with Gasteiger partial charge in [-0.15, -0.1) is 11.3 Å². The van der Waals surface area contributed by atoms with Crippen molar-refractivity contribution in [3.05, 3.63) is 38.3 Å². The second-order valence-electron chi connectivity index (χ2n) is 3.70. The summed E-state index contributed by atoms with van der Waals surface area (Å²) in [6.07, 6.45) is 1.21. The number of rotatable bonds is 5. The molecule has 0 aliphatic rings. The third-order valence-electron chi connectivity index (χ3n) is 2.53. The fourth-order valence-electron chi connectivity index (χ4n) is 1.54. The minimum absolute atomic E-state index is 0.0228. The molecule has 100 valence electrons. The molecular weight excluding hydrogens is 268 g/mol. The molecular formula is C10H12N6O2S. The van der Waals surface area contributed by atoms with Crippen LogP contribution < -0.4 is 16.6 Å². The number of aromatic nitrogens is 2. The lowest BCUT2D eigenvalue weighted by molar-refractivity contribution is -0.383. The molecule has 0 amide bonds. The molecule has 2 rings (SSSR count). The largest absolute Gasteiger partial charge is 0.359 e. The lowest BCUT2D eigenvalue weighted by atomic mass is 10.3. The van der Waals surface area contributed by atoms with Gasteiger partial charge < -0.3 is 10.7 Å². The molecule has 2 aromatic heterocycles. The van der Waals surface area contributed by atoms with Crippen molar-refractivity contribution in [1.29, 1.82) is 0 Å². The van der Waals surface area contributed by atoms with E-state index >= 15 is 0 Å². The fraction of sp³-hybridized carbons (Fsp3) is 0.200. The molecule has 0 bridgehead atoms. The van der Waals surface area contributed by atoms with Crippen LogP contribution in [0.3, 0.4) is 0 Å². The number of hydrogen-bond acceptors (Lipinski definition) is 8. The Morgan fingerprint density at radius 2 is 2.21 bits per heavy atom. The summed E-state index contributed by atoms with van der Waals surface area (Å²) in [6, 6.07) is 1.99. The maximum absolute atomic E-state index is 11.0. The first-order valence-electron chi connectivity index (χ1n) is 5.36. The second kappa shape index (κ2) is 5.59. The summed E-state index contributed by atoms with van der Waals surface area (Å²) >= 11 is 1.58. The van der Waals surface area contributed by atoms with Crippen LogP contribution in [0.25, 0.3) is 0 Å². The maximum Gasteiger partial charge on any atom is 0.354 e. The first-order chi connectivity index (χ1) is 9.13. The normalized spacial score (nSPS) is 10.2. The summed E-state index contributed by atoms with van der Waals surface area (Å²) in [5.74, 6) is 5.32. The number of nitrogen functional groups attached to an aromatic ring is 1. The predicted octanol–water partition coefficient (Wildman–Crippen LogP) is 1.65. The van der Waals surface area contributed by atoms with Crippen molar-refractivity contribution in [1.82, 2.24) is 9.97 Å². The van der Waals surface area contributed by atoms with E-state index in [2.05, 4.69) is 20.7 Å². The number of anilines is 2. The molecule has 4 N–H and O–H groups in total. The average molecular weight is 280 g/mol. The maximum atomic E-state index is 11.0. The van der Waals surface area contributed by atoms with Gasteiger partial charge in [-0.1, -0.05) is 0 Å². The van der Waals surface area contributed by atoms with Crippen molar-refractivity contribution in [2.45, 2.75) is 13.5 Å². The highest BCUT2D eigenvalue weighted by Gasteiger charge is 2.22. The molecule has 0 radical (unpaired) electrons. The molecule has 0 spiro atoms. The van der Waals surface area contributed by atoms with Gasteiger partial charge in [0.25, 0.3) is 0 Å². The zero-order valence-corrected chi connectivity index (χ0v) is 10.9. The van der Waals surface area contributed by atoms with Gasteiger partial charge in [0.05, 0.1) is 11.5 Å². The van der Waals surface area contributed by atoms with E-state index in [1.54, 1.807) is 11.3 Å². The molecule has 0 aliphatic carbocycles. The topological polar surface area (TPSA) is 119 Å². The number of aryl methyl sites for hydroxylation is 1. The smallest absolute Gasteiger partial charge is 0.354 e. The Morgan fingerprint density at radius 3 is 2.79 bits per heavy atom. The van der Waals surface area contributed by atoms with Gasteiger partial charge in [-0.25, -0.2) is 15.8 Å². The molecule has 0 unspecified atom stereocenters. The van der Waals surface area contributed by atoms with Crippen molar-refractivity contribution in [3.63, 3.8) is 0 Å². The van der Waals surface area contributed by atoms with E-state index in [4.69, 9.17) is 5.84 Å². The predicted molar refractivity (Wildman–Crippen MR) is 72.9 cm³/mol. The van der Waals surface area contributed by atoms with Gasteiger partial charge in [0.1, 0.15) is 6.33 Å². The minimum Gasteiger partial charge on any atom is -0.359 e. The molecule has 19 heavy (non-hydrogen) atoms. The van der Waals surface area contributed by atoms with Crippen LogP contribution in [0, 0.1) is 17.0 Å². The Hall–Kier alpha value is -2.26. The molecule has 0 saturated carbocycles. The van der Waals surface area contributed by atoms with Crippen LogP contribution >= 0.6 is 11.3 Å². The summed E-state index contributed by atoms with van der Waals surface area (Å²) in [7, 11) is 0. The highest BCUT2D eigenvalue weighted by molar-refractivity contribution is 7.10. The van der Waals surface area contributed by atoms with Gasteiger partial charge >= 0.3 is 5.69 Å². The molecule has 0 fully saturated rings. The quantitative estimate of drug-likeness (QED) is 0.433. The fourth-order valence-corrected chi connectivity index (χ4v) is 2.38. The van der Waals surface area contributed by atoms with Crippen molar-refractivity contribution < 1.29 is 4.92 Å². The lowest BCUT2D eigenvalue weighted by Crippen LogP contribution is -2.13. The van der Waals surface area contributed by atoms with Crippen molar-refractivity contribution in [3.8, 4) is 0 Å². The number of hydrogen-bond donors (Lipinski definition) is 3. The van der Waals surface area contributed by atoms with E-state index in [1.807, 2.05) is 18.4 Å². The van der Waals surface area contributed by atoms with Gasteiger partial charge in [-0.2, -0.15) is 0 Å². The Balaban J connectivity index is 2.25. The van der Waals surface area contributed by atoms with Crippen LogP contribution in [-0.4, -0.2) is 14.9 Å². The summed E-state index contributed by atoms with van der Waals surface area (Å²) in [5.41, 5.74) is 3.06. The van der Waals surface area contributed by atoms with Crippen molar-refractivity contribution in [2.24, 2.45) is 5.84 Å². The van der Waals surface area contributed by atoms with Crippen molar-refractivity contribution >= 4 is 28.7 Å². The zero-order valence-electron chi connectivity index (χ0n) is 10.1. The summed E-state index contributed by atoms with van der Waals surface area (Å²) in [6.45, 7) is 2.44. The van der Waals surface area contributed by atoms with Crippen LogP contribution in [0.4, 0.5) is 17.3 Å². The molecule has 8 nitrogen and oxygen atoms in total. The Morgan fingerprint density at radius 1 is 1.47 bits per heavy atom. The van der Waals surface area contributed by atoms with Crippen LogP contribution in [-0.2, 0) is 6.54 Å². The minimum atomic E-state index is -0.571. The van der Waals surface area contributed by atoms with Crippen LogP contribution in [0.5, 0.6) is 0 Å². The second-order valence-corrected chi connectivity index (χ2v) is 4.70. The number of nitrogens with zero attached hydrogens (tertiary/aromatic N) is 3. The molecule has 0 aromatic carbocycles. The van der Waals surface area contributed by atoms with Gasteiger partial charge in [0.15, 0.2) is 0 Å². The van der Waals surface area contributed by atoms with Crippen LogP contribution in [0.1, 0.15) is 10.4 Å². The van der Waals surface area contributed by atoms with Gasteiger partial charge in [0.2, 0.25) is 11.6 Å². The highest BCUT2D eigenvalue weighted by atomic mass is 32.1. The zero-order chi connectivity index (χ0) is 13.8. The van der Waals surface area contributed by atoms with Gasteiger partial charge in [-0.3, -0.25) is 10.1 Å². The number of nitro groups is 1. The van der Waals surface area contributed by atoms with E-state index in [-0.39, 0.29) is 17.3 Å². The summed E-state index contributed by atoms with van der Waals surface area (Å²) < 4.78 is 0. The molecule has 9 heteroatoms. The first kappa shape index (κ1) is 13.2. The van der Waals surface area contributed by atoms with E-state index in [1.165, 1.54) is 6.33 Å². The number of hydrazine groups is 1. The van der Waals surface area contributed by atoms with E-state index < -0.39 is 4.92 Å². The number of nitrogens with two attached hydrogens (primary N) is 1. The van der Waals surface area contributed by atoms with Crippen LogP contribution in [0.15, 0.2) is 17.8 Å². The van der Waals surface area contributed by atoms with Gasteiger partial charge in [0, 0.05) is 4.88 Å². The van der Waals surface area contributed by atoms with Crippen molar-refractivity contribution in [2.75, 3.05) is 10.7 Å². The average Bonchev–Trinajstić information content (AvgIpc) is 2.81. The first-order valence-corrected chi connectivity index (χ1v) is 6.24. The molecule has 0 aliphatic heterocycles. The monoisotopic (exact) mass is 280 g/mol. The Labute approximate surface area is 112 Å². The Kier molecular flexibility index (Phi) is 3.88. The van der Waals surface area contributed by atoms with Crippen LogP contribution in [0.2, 0.25) is 0 Å². The highest BCUT2D eigenvalue weighted by Crippen LogP contribution is 2.28. The van der Waals surface area contributed by atoms with Gasteiger partial charge in [-0.05, 0) is 23.9 Å².